The van der Waals surface area contributed by atoms with Crippen LogP contribution in [0.1, 0.15) is 30.0 Å². The van der Waals surface area contributed by atoms with Gasteiger partial charge in [-0.05, 0) is 30.5 Å². The van der Waals surface area contributed by atoms with E-state index >= 15 is 0 Å². The molecule has 2 aromatic rings. The van der Waals surface area contributed by atoms with Crippen LogP contribution in [0.25, 0.3) is 6.08 Å². The number of hydrogen-bond acceptors (Lipinski definition) is 3. The zero-order valence-electron chi connectivity index (χ0n) is 17.5. The van der Waals surface area contributed by atoms with Gasteiger partial charge in [-0.3, -0.25) is 9.69 Å². The van der Waals surface area contributed by atoms with E-state index in [1.54, 1.807) is 6.07 Å². The van der Waals surface area contributed by atoms with Crippen molar-refractivity contribution in [2.75, 3.05) is 19.6 Å². The Morgan fingerprint density at radius 1 is 1.13 bits per heavy atom. The molecule has 2 N–H and O–H groups in total. The van der Waals surface area contributed by atoms with Crippen LogP contribution in [-0.4, -0.2) is 42.5 Å². The first kappa shape index (κ1) is 23.0. The van der Waals surface area contributed by atoms with Gasteiger partial charge in [-0.25, -0.2) is 0 Å². The highest BCUT2D eigenvalue weighted by Gasteiger charge is 2.36. The van der Waals surface area contributed by atoms with Crippen LogP contribution in [0.2, 0.25) is 0 Å². The number of hydrogen-bond donors (Lipinski definition) is 2. The summed E-state index contributed by atoms with van der Waals surface area (Å²) in [6.45, 7) is 3.70. The monoisotopic (exact) mass is 431 g/mol. The van der Waals surface area contributed by atoms with E-state index in [2.05, 4.69) is 15.5 Å². The first-order valence-electron chi connectivity index (χ1n) is 10.5. The van der Waals surface area contributed by atoms with Gasteiger partial charge in [-0.2, -0.15) is 13.2 Å². The molecule has 0 aliphatic carbocycles. The van der Waals surface area contributed by atoms with Crippen molar-refractivity contribution in [3.63, 3.8) is 0 Å². The summed E-state index contributed by atoms with van der Waals surface area (Å²) in [5, 5.41) is 6.10. The van der Waals surface area contributed by atoms with E-state index < -0.39 is 11.7 Å². The van der Waals surface area contributed by atoms with Crippen LogP contribution in [0.3, 0.4) is 0 Å². The maximum absolute atomic E-state index is 13.2. The zero-order valence-corrected chi connectivity index (χ0v) is 17.5. The maximum atomic E-state index is 13.2. The standard InChI is InChI=1S/C24H28F3N3O/c1-2-28-23(31)22-15-20(17-30(22)14-8-11-18-9-4-3-5-10-18)29-16-19-12-6-7-13-21(19)24(25,26)27/h3-13,20,22,29H,2,14-17H2,1H3,(H,28,31)/t20-,22-/m0/s1. The van der Waals surface area contributed by atoms with Gasteiger partial charge in [0.25, 0.3) is 0 Å². The van der Waals surface area contributed by atoms with Crippen LogP contribution in [0.5, 0.6) is 0 Å². The number of nitrogens with one attached hydrogen (secondary N) is 2. The van der Waals surface area contributed by atoms with Crippen LogP contribution in [0.4, 0.5) is 13.2 Å². The number of halogens is 3. The van der Waals surface area contributed by atoms with Crippen molar-refractivity contribution in [2.45, 2.75) is 38.1 Å². The lowest BCUT2D eigenvalue weighted by Crippen LogP contribution is -2.43. The molecule has 4 nitrogen and oxygen atoms in total. The topological polar surface area (TPSA) is 44.4 Å². The van der Waals surface area contributed by atoms with Gasteiger partial charge in [0.05, 0.1) is 11.6 Å². The number of rotatable bonds is 8. The Kier molecular flexibility index (Phi) is 7.87. The molecule has 0 radical (unpaired) electrons. The van der Waals surface area contributed by atoms with Gasteiger partial charge in [-0.1, -0.05) is 60.7 Å². The first-order chi connectivity index (χ1) is 14.9. The Morgan fingerprint density at radius 2 is 1.84 bits per heavy atom. The molecule has 1 amide bonds. The van der Waals surface area contributed by atoms with E-state index in [1.165, 1.54) is 12.1 Å². The number of likely N-dealkylation sites (N-methyl/N-ethyl adjacent to an activating group) is 1. The second-order valence-electron chi connectivity index (χ2n) is 7.65. The molecule has 3 rings (SSSR count). The smallest absolute Gasteiger partial charge is 0.355 e. The average Bonchev–Trinajstić information content (AvgIpc) is 3.16. The van der Waals surface area contributed by atoms with E-state index in [-0.39, 0.29) is 30.1 Å². The number of alkyl halides is 3. The van der Waals surface area contributed by atoms with Crippen molar-refractivity contribution in [1.82, 2.24) is 15.5 Å². The first-order valence-corrected chi connectivity index (χ1v) is 10.5. The number of benzene rings is 2. The van der Waals surface area contributed by atoms with Crippen molar-refractivity contribution in [2.24, 2.45) is 0 Å². The number of carbonyl (C=O) groups excluding carboxylic acids is 1. The van der Waals surface area contributed by atoms with Gasteiger partial charge in [-0.15, -0.1) is 0 Å². The van der Waals surface area contributed by atoms with Crippen molar-refractivity contribution >= 4 is 12.0 Å². The zero-order chi connectivity index (χ0) is 22.3. The Balaban J connectivity index is 1.65. The molecule has 0 bridgehead atoms. The molecular formula is C24H28F3N3O. The summed E-state index contributed by atoms with van der Waals surface area (Å²) < 4.78 is 39.7. The summed E-state index contributed by atoms with van der Waals surface area (Å²) in [7, 11) is 0. The molecule has 1 heterocycles. The molecule has 1 aliphatic rings. The summed E-state index contributed by atoms with van der Waals surface area (Å²) >= 11 is 0. The molecule has 31 heavy (non-hydrogen) atoms. The highest BCUT2D eigenvalue weighted by Crippen LogP contribution is 2.32. The maximum Gasteiger partial charge on any atom is 0.416 e. The van der Waals surface area contributed by atoms with Crippen molar-refractivity contribution < 1.29 is 18.0 Å². The number of amides is 1. The van der Waals surface area contributed by atoms with E-state index in [9.17, 15) is 18.0 Å². The van der Waals surface area contributed by atoms with Gasteiger partial charge < -0.3 is 10.6 Å². The summed E-state index contributed by atoms with van der Waals surface area (Å²) in [4.78, 5) is 14.6. The minimum atomic E-state index is -4.38. The van der Waals surface area contributed by atoms with Gasteiger partial charge in [0, 0.05) is 32.2 Å². The Labute approximate surface area is 181 Å². The molecule has 2 aromatic carbocycles. The van der Waals surface area contributed by atoms with E-state index in [4.69, 9.17) is 0 Å². The summed E-state index contributed by atoms with van der Waals surface area (Å²) in [5.74, 6) is -0.0457. The largest absolute Gasteiger partial charge is 0.416 e. The third-order valence-electron chi connectivity index (χ3n) is 5.41. The quantitative estimate of drug-likeness (QED) is 0.662. The molecule has 2 atom stereocenters. The fourth-order valence-corrected chi connectivity index (χ4v) is 3.91. The predicted octanol–water partition coefficient (Wildman–Crippen LogP) is 4.09. The summed E-state index contributed by atoms with van der Waals surface area (Å²) in [6, 6.07) is 15.1. The molecule has 1 fully saturated rings. The highest BCUT2D eigenvalue weighted by molar-refractivity contribution is 5.82. The van der Waals surface area contributed by atoms with Crippen molar-refractivity contribution in [1.29, 1.82) is 0 Å². The Morgan fingerprint density at radius 3 is 2.55 bits per heavy atom. The van der Waals surface area contributed by atoms with Crippen LogP contribution in [0, 0.1) is 0 Å². The van der Waals surface area contributed by atoms with Crippen molar-refractivity contribution in [3.8, 4) is 0 Å². The summed E-state index contributed by atoms with van der Waals surface area (Å²) in [6.07, 6.45) is 0.197. The predicted molar refractivity (Wildman–Crippen MR) is 116 cm³/mol. The SMILES string of the molecule is CCNC(=O)[C@@H]1C[C@H](NCc2ccccc2C(F)(F)F)CN1CC=Cc1ccccc1. The van der Waals surface area contributed by atoms with Crippen LogP contribution in [0.15, 0.2) is 60.7 Å². The Bertz CT molecular complexity index is 883. The fourth-order valence-electron chi connectivity index (χ4n) is 3.91. The van der Waals surface area contributed by atoms with Gasteiger partial charge in [0.15, 0.2) is 0 Å². The molecule has 166 valence electrons. The van der Waals surface area contributed by atoms with E-state index in [0.717, 1.165) is 11.6 Å². The highest BCUT2D eigenvalue weighted by atomic mass is 19.4. The molecule has 7 heteroatoms. The van der Waals surface area contributed by atoms with Gasteiger partial charge in [0.2, 0.25) is 5.91 Å². The van der Waals surface area contributed by atoms with E-state index in [1.807, 2.05) is 49.4 Å². The van der Waals surface area contributed by atoms with Crippen LogP contribution >= 0.6 is 0 Å². The molecule has 0 saturated carbocycles. The van der Waals surface area contributed by atoms with E-state index in [0.29, 0.717) is 26.1 Å². The second-order valence-corrected chi connectivity index (χ2v) is 7.65. The molecule has 1 saturated heterocycles. The minimum Gasteiger partial charge on any atom is -0.355 e. The normalized spacial score (nSPS) is 19.7. The third-order valence-corrected chi connectivity index (χ3v) is 5.41. The lowest BCUT2D eigenvalue weighted by Gasteiger charge is -2.21. The lowest BCUT2D eigenvalue weighted by molar-refractivity contribution is -0.138. The van der Waals surface area contributed by atoms with Gasteiger partial charge in [0.1, 0.15) is 0 Å². The molecule has 0 spiro atoms. The number of nitrogens with zero attached hydrogens (tertiary/aromatic N) is 1. The number of likely N-dealkylation sites (tertiary alicyclic amines) is 1. The molecule has 0 unspecified atom stereocenters. The Hall–Kier alpha value is -2.64. The van der Waals surface area contributed by atoms with Crippen LogP contribution < -0.4 is 10.6 Å². The average molecular weight is 432 g/mol. The summed E-state index contributed by atoms with van der Waals surface area (Å²) in [5.41, 5.74) is 0.671. The second kappa shape index (κ2) is 10.6. The minimum absolute atomic E-state index is 0.0457. The third kappa shape index (κ3) is 6.42. The lowest BCUT2D eigenvalue weighted by atomic mass is 10.1. The van der Waals surface area contributed by atoms with Crippen molar-refractivity contribution in [3.05, 3.63) is 77.4 Å². The molecular weight excluding hydrogens is 403 g/mol. The fraction of sp³-hybridized carbons (Fsp3) is 0.375. The molecule has 0 aromatic heterocycles. The van der Waals surface area contributed by atoms with Gasteiger partial charge >= 0.3 is 6.18 Å². The van der Waals surface area contributed by atoms with Crippen LogP contribution in [-0.2, 0) is 17.5 Å². The number of carbonyl (C=O) groups is 1. The molecule has 1 aliphatic heterocycles.